The van der Waals surface area contributed by atoms with Gasteiger partial charge in [-0.05, 0) is 39.7 Å². The fourth-order valence-electron chi connectivity index (χ4n) is 2.09. The molecule has 0 radical (unpaired) electrons. The first-order chi connectivity index (χ1) is 7.15. The van der Waals surface area contributed by atoms with E-state index >= 15 is 0 Å². The lowest BCUT2D eigenvalue weighted by molar-refractivity contribution is -0.137. The predicted molar refractivity (Wildman–Crippen MR) is 62.7 cm³/mol. The lowest BCUT2D eigenvalue weighted by atomic mass is 9.99. The zero-order valence-corrected chi connectivity index (χ0v) is 10.3. The highest BCUT2D eigenvalue weighted by molar-refractivity contribution is 5.79. The standard InChI is InChI=1S/C12H24N2O/c1-10-6-4-8-14(12(10)15)9-5-7-11(2)13-3/h10-11,13H,4-9H2,1-3H3. The van der Waals surface area contributed by atoms with Crippen LogP contribution in [0, 0.1) is 5.92 Å². The van der Waals surface area contributed by atoms with Crippen LogP contribution in [-0.2, 0) is 4.79 Å². The van der Waals surface area contributed by atoms with Crippen LogP contribution in [0.1, 0.15) is 39.5 Å². The van der Waals surface area contributed by atoms with Gasteiger partial charge in [-0.2, -0.15) is 0 Å². The van der Waals surface area contributed by atoms with Crippen molar-refractivity contribution in [2.75, 3.05) is 20.1 Å². The van der Waals surface area contributed by atoms with Crippen LogP contribution in [0.3, 0.4) is 0 Å². The first-order valence-electron chi connectivity index (χ1n) is 6.11. The molecule has 15 heavy (non-hydrogen) atoms. The molecular formula is C12H24N2O. The number of carbonyl (C=O) groups is 1. The van der Waals surface area contributed by atoms with Gasteiger partial charge >= 0.3 is 0 Å². The van der Waals surface area contributed by atoms with Crippen LogP contribution in [0.4, 0.5) is 0 Å². The Kier molecular flexibility index (Phi) is 5.09. The van der Waals surface area contributed by atoms with E-state index in [1.807, 2.05) is 18.9 Å². The number of rotatable bonds is 5. The van der Waals surface area contributed by atoms with Crippen LogP contribution < -0.4 is 5.32 Å². The van der Waals surface area contributed by atoms with Gasteiger partial charge in [-0.1, -0.05) is 6.92 Å². The average Bonchev–Trinajstić information content (AvgIpc) is 2.24. The lowest BCUT2D eigenvalue weighted by Gasteiger charge is -2.30. The number of nitrogens with one attached hydrogen (secondary N) is 1. The number of nitrogens with zero attached hydrogens (tertiary/aromatic N) is 1. The molecule has 1 amide bonds. The minimum Gasteiger partial charge on any atom is -0.342 e. The normalized spacial score (nSPS) is 24.3. The monoisotopic (exact) mass is 212 g/mol. The molecule has 1 aliphatic heterocycles. The maximum Gasteiger partial charge on any atom is 0.225 e. The van der Waals surface area contributed by atoms with Crippen LogP contribution in [0.15, 0.2) is 0 Å². The molecule has 0 bridgehead atoms. The molecule has 1 fully saturated rings. The number of hydrogen-bond acceptors (Lipinski definition) is 2. The van der Waals surface area contributed by atoms with Crippen molar-refractivity contribution in [3.63, 3.8) is 0 Å². The molecule has 3 nitrogen and oxygen atoms in total. The minimum absolute atomic E-state index is 0.250. The van der Waals surface area contributed by atoms with Crippen molar-refractivity contribution in [2.45, 2.75) is 45.6 Å². The fraction of sp³-hybridized carbons (Fsp3) is 0.917. The van der Waals surface area contributed by atoms with Crippen molar-refractivity contribution in [1.29, 1.82) is 0 Å². The van der Waals surface area contributed by atoms with Crippen LogP contribution in [0.25, 0.3) is 0 Å². The Morgan fingerprint density at radius 3 is 3.00 bits per heavy atom. The fourth-order valence-corrected chi connectivity index (χ4v) is 2.09. The van der Waals surface area contributed by atoms with E-state index in [4.69, 9.17) is 0 Å². The van der Waals surface area contributed by atoms with Crippen LogP contribution in [-0.4, -0.2) is 37.0 Å². The predicted octanol–water partition coefficient (Wildman–Crippen LogP) is 1.63. The molecule has 3 heteroatoms. The molecule has 1 N–H and O–H groups in total. The molecule has 0 aromatic heterocycles. The summed E-state index contributed by atoms with van der Waals surface area (Å²) >= 11 is 0. The van der Waals surface area contributed by atoms with E-state index in [0.717, 1.165) is 32.4 Å². The van der Waals surface area contributed by atoms with Crippen molar-refractivity contribution >= 4 is 5.91 Å². The number of carbonyl (C=O) groups excluding carboxylic acids is 1. The van der Waals surface area contributed by atoms with Crippen LogP contribution >= 0.6 is 0 Å². The topological polar surface area (TPSA) is 32.3 Å². The summed E-state index contributed by atoms with van der Waals surface area (Å²) in [5.74, 6) is 0.610. The molecule has 2 atom stereocenters. The summed E-state index contributed by atoms with van der Waals surface area (Å²) in [5, 5.41) is 3.22. The number of likely N-dealkylation sites (tertiary alicyclic amines) is 1. The Hall–Kier alpha value is -0.570. The molecule has 0 aliphatic carbocycles. The van der Waals surface area contributed by atoms with Crippen LogP contribution in [0.2, 0.25) is 0 Å². The molecule has 0 aromatic carbocycles. The Morgan fingerprint density at radius 1 is 1.60 bits per heavy atom. The highest BCUT2D eigenvalue weighted by Gasteiger charge is 2.24. The summed E-state index contributed by atoms with van der Waals surface area (Å²) in [6.07, 6.45) is 4.51. The Bertz CT molecular complexity index is 206. The molecule has 0 aromatic rings. The van der Waals surface area contributed by atoms with Gasteiger partial charge in [0, 0.05) is 25.0 Å². The quantitative estimate of drug-likeness (QED) is 0.751. The van der Waals surface area contributed by atoms with Crippen molar-refractivity contribution in [1.82, 2.24) is 10.2 Å². The van der Waals surface area contributed by atoms with E-state index in [0.29, 0.717) is 11.9 Å². The number of piperidine rings is 1. The van der Waals surface area contributed by atoms with Crippen molar-refractivity contribution in [3.05, 3.63) is 0 Å². The summed E-state index contributed by atoms with van der Waals surface area (Å²) in [6, 6.07) is 0.558. The highest BCUT2D eigenvalue weighted by Crippen LogP contribution is 2.17. The van der Waals surface area contributed by atoms with Crippen LogP contribution in [0.5, 0.6) is 0 Å². The van der Waals surface area contributed by atoms with E-state index in [2.05, 4.69) is 12.2 Å². The van der Waals surface area contributed by atoms with E-state index in [1.165, 1.54) is 6.42 Å². The molecule has 1 rings (SSSR count). The Balaban J connectivity index is 2.23. The first-order valence-corrected chi connectivity index (χ1v) is 6.11. The number of amides is 1. The molecular weight excluding hydrogens is 188 g/mol. The van der Waals surface area contributed by atoms with Gasteiger partial charge in [-0.3, -0.25) is 4.79 Å². The van der Waals surface area contributed by atoms with E-state index < -0.39 is 0 Å². The maximum atomic E-state index is 11.8. The third-order valence-electron chi connectivity index (χ3n) is 3.36. The smallest absolute Gasteiger partial charge is 0.225 e. The molecule has 88 valence electrons. The van der Waals surface area contributed by atoms with Crippen molar-refractivity contribution < 1.29 is 4.79 Å². The molecule has 1 saturated heterocycles. The minimum atomic E-state index is 0.250. The van der Waals surface area contributed by atoms with Gasteiger partial charge in [0.2, 0.25) is 5.91 Å². The van der Waals surface area contributed by atoms with Gasteiger partial charge in [0.05, 0.1) is 0 Å². The Labute approximate surface area is 93.2 Å². The maximum absolute atomic E-state index is 11.8. The largest absolute Gasteiger partial charge is 0.342 e. The van der Waals surface area contributed by atoms with Gasteiger partial charge in [-0.25, -0.2) is 0 Å². The average molecular weight is 212 g/mol. The molecule has 1 heterocycles. The second-order valence-corrected chi connectivity index (χ2v) is 4.70. The summed E-state index contributed by atoms with van der Waals surface area (Å²) in [7, 11) is 1.98. The van der Waals surface area contributed by atoms with Gasteiger partial charge < -0.3 is 10.2 Å². The zero-order valence-electron chi connectivity index (χ0n) is 10.3. The van der Waals surface area contributed by atoms with Gasteiger partial charge in [0.25, 0.3) is 0 Å². The summed E-state index contributed by atoms with van der Waals surface area (Å²) < 4.78 is 0. The second-order valence-electron chi connectivity index (χ2n) is 4.70. The highest BCUT2D eigenvalue weighted by atomic mass is 16.2. The van der Waals surface area contributed by atoms with Crippen molar-refractivity contribution in [2.24, 2.45) is 5.92 Å². The van der Waals surface area contributed by atoms with Gasteiger partial charge in [-0.15, -0.1) is 0 Å². The van der Waals surface area contributed by atoms with E-state index in [9.17, 15) is 4.79 Å². The van der Waals surface area contributed by atoms with Crippen molar-refractivity contribution in [3.8, 4) is 0 Å². The van der Waals surface area contributed by atoms with Gasteiger partial charge in [0.15, 0.2) is 0 Å². The number of hydrogen-bond donors (Lipinski definition) is 1. The SMILES string of the molecule is CNC(C)CCCN1CCCC(C)C1=O. The Morgan fingerprint density at radius 2 is 2.33 bits per heavy atom. The second kappa shape index (κ2) is 6.11. The zero-order chi connectivity index (χ0) is 11.3. The molecule has 2 unspecified atom stereocenters. The summed E-state index contributed by atoms with van der Waals surface area (Å²) in [4.78, 5) is 13.8. The lowest BCUT2D eigenvalue weighted by Crippen LogP contribution is -2.41. The molecule has 0 spiro atoms. The summed E-state index contributed by atoms with van der Waals surface area (Å²) in [5.41, 5.74) is 0. The summed E-state index contributed by atoms with van der Waals surface area (Å²) in [6.45, 7) is 6.14. The van der Waals surface area contributed by atoms with E-state index in [-0.39, 0.29) is 5.92 Å². The van der Waals surface area contributed by atoms with E-state index in [1.54, 1.807) is 0 Å². The van der Waals surface area contributed by atoms with Gasteiger partial charge in [0.1, 0.15) is 0 Å². The first kappa shape index (κ1) is 12.5. The third kappa shape index (κ3) is 3.82. The molecule has 1 aliphatic rings. The third-order valence-corrected chi connectivity index (χ3v) is 3.36. The molecule has 0 saturated carbocycles.